The second kappa shape index (κ2) is 13.6. The van der Waals surface area contributed by atoms with Crippen LogP contribution in [0.15, 0.2) is 30.3 Å². The number of amides is 1. The Morgan fingerprint density at radius 1 is 0.765 bits per heavy atom. The number of piperidine rings is 2. The molecule has 5 rings (SSSR count). The SMILES string of the molecule is C1CCN(C2CCCC2)CC1.N[C@@H](C(=O)NCC1CCN(C2CCCC2)CC1)c1ccccc1. The summed E-state index contributed by atoms with van der Waals surface area (Å²) in [6.07, 6.45) is 18.3. The van der Waals surface area contributed by atoms with Gasteiger partial charge in [0, 0.05) is 18.6 Å². The zero-order valence-corrected chi connectivity index (χ0v) is 21.3. The monoisotopic (exact) mass is 468 g/mol. The molecule has 1 aromatic carbocycles. The zero-order chi connectivity index (χ0) is 23.6. The van der Waals surface area contributed by atoms with Crippen molar-refractivity contribution in [2.75, 3.05) is 32.7 Å². The van der Waals surface area contributed by atoms with E-state index in [1.165, 1.54) is 110 Å². The number of nitrogens with zero attached hydrogens (tertiary/aromatic N) is 2. The molecule has 1 aromatic rings. The maximum Gasteiger partial charge on any atom is 0.241 e. The molecule has 0 bridgehead atoms. The topological polar surface area (TPSA) is 61.6 Å². The first kappa shape index (κ1) is 25.7. The first-order valence-corrected chi connectivity index (χ1v) is 14.3. The van der Waals surface area contributed by atoms with E-state index in [2.05, 4.69) is 15.1 Å². The average Bonchev–Trinajstić information content (AvgIpc) is 3.64. The van der Waals surface area contributed by atoms with Crippen LogP contribution >= 0.6 is 0 Å². The van der Waals surface area contributed by atoms with Gasteiger partial charge < -0.3 is 20.9 Å². The average molecular weight is 469 g/mol. The van der Waals surface area contributed by atoms with Crippen molar-refractivity contribution >= 4 is 5.91 Å². The van der Waals surface area contributed by atoms with Crippen LogP contribution in [0.3, 0.4) is 0 Å². The molecule has 0 radical (unpaired) electrons. The summed E-state index contributed by atoms with van der Waals surface area (Å²) >= 11 is 0. The molecular weight excluding hydrogens is 420 g/mol. The lowest BCUT2D eigenvalue weighted by atomic mass is 9.95. The summed E-state index contributed by atoms with van der Waals surface area (Å²) in [6.45, 7) is 5.93. The molecule has 4 fully saturated rings. The fraction of sp³-hybridized carbons (Fsp3) is 0.759. The highest BCUT2D eigenvalue weighted by Gasteiger charge is 2.27. The first-order chi connectivity index (χ1) is 16.7. The predicted molar refractivity (Wildman–Crippen MR) is 141 cm³/mol. The van der Waals surface area contributed by atoms with Gasteiger partial charge in [0.25, 0.3) is 0 Å². The molecule has 2 saturated carbocycles. The number of hydrogen-bond acceptors (Lipinski definition) is 4. The van der Waals surface area contributed by atoms with Crippen molar-refractivity contribution in [2.24, 2.45) is 11.7 Å². The normalized spacial score (nSPS) is 24.5. The van der Waals surface area contributed by atoms with Crippen LogP contribution < -0.4 is 11.1 Å². The van der Waals surface area contributed by atoms with Gasteiger partial charge in [0.1, 0.15) is 6.04 Å². The largest absolute Gasteiger partial charge is 0.354 e. The Hall–Kier alpha value is -1.43. The van der Waals surface area contributed by atoms with E-state index in [-0.39, 0.29) is 5.91 Å². The van der Waals surface area contributed by atoms with Gasteiger partial charge in [-0.15, -0.1) is 0 Å². The summed E-state index contributed by atoms with van der Waals surface area (Å²) < 4.78 is 0. The molecule has 2 aliphatic heterocycles. The number of likely N-dealkylation sites (tertiary alicyclic amines) is 2. The van der Waals surface area contributed by atoms with Crippen molar-refractivity contribution in [3.8, 4) is 0 Å². The second-order valence-corrected chi connectivity index (χ2v) is 11.1. The molecule has 2 heterocycles. The minimum atomic E-state index is -0.560. The molecule has 0 unspecified atom stereocenters. The third-order valence-corrected chi connectivity index (χ3v) is 8.73. The van der Waals surface area contributed by atoms with E-state index in [1.54, 1.807) is 0 Å². The maximum absolute atomic E-state index is 12.2. The molecule has 0 aromatic heterocycles. The van der Waals surface area contributed by atoms with E-state index in [9.17, 15) is 4.79 Å². The fourth-order valence-corrected chi connectivity index (χ4v) is 6.51. The molecule has 2 saturated heterocycles. The van der Waals surface area contributed by atoms with Gasteiger partial charge in [-0.1, -0.05) is 62.4 Å². The standard InChI is InChI=1S/C19H29N3O.C10H19N/c20-18(16-6-2-1-3-7-16)19(23)21-14-15-10-12-22(13-11-15)17-8-4-5-9-17;1-4-8-11(9-5-1)10-6-2-3-7-10/h1-3,6-7,15,17-18H,4-5,8-14,20H2,(H,21,23);10H,1-9H2/t18-;/m1./s1. The maximum atomic E-state index is 12.2. The molecule has 1 amide bonds. The molecular formula is C29H48N4O. The third kappa shape index (κ3) is 7.53. The summed E-state index contributed by atoms with van der Waals surface area (Å²) in [4.78, 5) is 17.6. The summed E-state index contributed by atoms with van der Waals surface area (Å²) in [5.41, 5.74) is 6.91. The highest BCUT2D eigenvalue weighted by molar-refractivity contribution is 5.82. The highest BCUT2D eigenvalue weighted by atomic mass is 16.2. The van der Waals surface area contributed by atoms with Crippen LogP contribution in [-0.2, 0) is 4.79 Å². The quantitative estimate of drug-likeness (QED) is 0.625. The van der Waals surface area contributed by atoms with E-state index >= 15 is 0 Å². The van der Waals surface area contributed by atoms with Gasteiger partial charge in [-0.05, 0) is 89.0 Å². The van der Waals surface area contributed by atoms with Crippen LogP contribution in [0.1, 0.15) is 95.1 Å². The van der Waals surface area contributed by atoms with Gasteiger partial charge in [0.05, 0.1) is 0 Å². The molecule has 0 spiro atoms. The number of carbonyl (C=O) groups excluding carboxylic acids is 1. The molecule has 5 heteroatoms. The fourth-order valence-electron chi connectivity index (χ4n) is 6.51. The third-order valence-electron chi connectivity index (χ3n) is 8.73. The molecule has 2 aliphatic carbocycles. The predicted octanol–water partition coefficient (Wildman–Crippen LogP) is 4.87. The first-order valence-electron chi connectivity index (χ1n) is 14.3. The van der Waals surface area contributed by atoms with Gasteiger partial charge in [0.2, 0.25) is 5.91 Å². The van der Waals surface area contributed by atoms with E-state index in [1.807, 2.05) is 30.3 Å². The van der Waals surface area contributed by atoms with Gasteiger partial charge >= 0.3 is 0 Å². The molecule has 5 nitrogen and oxygen atoms in total. The molecule has 4 aliphatic rings. The Labute approximate surface area is 207 Å². The van der Waals surface area contributed by atoms with Crippen molar-refractivity contribution < 1.29 is 4.79 Å². The Balaban J connectivity index is 0.000000207. The molecule has 1 atom stereocenters. The number of nitrogens with two attached hydrogens (primary N) is 1. The number of nitrogens with one attached hydrogen (secondary N) is 1. The minimum absolute atomic E-state index is 0.0607. The lowest BCUT2D eigenvalue weighted by molar-refractivity contribution is -0.122. The molecule has 190 valence electrons. The van der Waals surface area contributed by atoms with Crippen molar-refractivity contribution in [1.82, 2.24) is 15.1 Å². The lowest BCUT2D eigenvalue weighted by Gasteiger charge is -2.36. The number of benzene rings is 1. The number of hydrogen-bond donors (Lipinski definition) is 2. The van der Waals surface area contributed by atoms with Crippen LogP contribution in [0.25, 0.3) is 0 Å². The van der Waals surface area contributed by atoms with Crippen molar-refractivity contribution in [2.45, 2.75) is 102 Å². The van der Waals surface area contributed by atoms with Gasteiger partial charge in [-0.3, -0.25) is 4.79 Å². The number of rotatable bonds is 6. The van der Waals surface area contributed by atoms with E-state index in [0.717, 1.165) is 24.2 Å². The zero-order valence-electron chi connectivity index (χ0n) is 21.3. The van der Waals surface area contributed by atoms with Gasteiger partial charge in [-0.25, -0.2) is 0 Å². The Kier molecular flexibility index (Phi) is 10.3. The summed E-state index contributed by atoms with van der Waals surface area (Å²) in [7, 11) is 0. The summed E-state index contributed by atoms with van der Waals surface area (Å²) in [5.74, 6) is 0.536. The Bertz CT molecular complexity index is 700. The van der Waals surface area contributed by atoms with Crippen LogP contribution in [-0.4, -0.2) is 60.5 Å². The van der Waals surface area contributed by atoms with E-state index < -0.39 is 6.04 Å². The van der Waals surface area contributed by atoms with Gasteiger partial charge in [-0.2, -0.15) is 0 Å². The van der Waals surface area contributed by atoms with Crippen molar-refractivity contribution in [3.05, 3.63) is 35.9 Å². The molecule has 34 heavy (non-hydrogen) atoms. The van der Waals surface area contributed by atoms with E-state index in [4.69, 9.17) is 5.73 Å². The highest BCUT2D eigenvalue weighted by Crippen LogP contribution is 2.28. The van der Waals surface area contributed by atoms with Gasteiger partial charge in [0.15, 0.2) is 0 Å². The Morgan fingerprint density at radius 3 is 1.85 bits per heavy atom. The van der Waals surface area contributed by atoms with Crippen LogP contribution in [0.2, 0.25) is 0 Å². The van der Waals surface area contributed by atoms with Crippen LogP contribution in [0.5, 0.6) is 0 Å². The summed E-state index contributed by atoms with van der Waals surface area (Å²) in [6, 6.07) is 10.8. The van der Waals surface area contributed by atoms with Crippen LogP contribution in [0, 0.1) is 5.92 Å². The van der Waals surface area contributed by atoms with Crippen molar-refractivity contribution in [3.63, 3.8) is 0 Å². The number of carbonyl (C=O) groups is 1. The Morgan fingerprint density at radius 2 is 1.29 bits per heavy atom. The van der Waals surface area contributed by atoms with Crippen LogP contribution in [0.4, 0.5) is 0 Å². The smallest absolute Gasteiger partial charge is 0.241 e. The summed E-state index contributed by atoms with van der Waals surface area (Å²) in [5, 5.41) is 3.05. The lowest BCUT2D eigenvalue weighted by Crippen LogP contribution is -2.43. The molecule has 3 N–H and O–H groups in total. The van der Waals surface area contributed by atoms with E-state index in [0.29, 0.717) is 5.92 Å². The van der Waals surface area contributed by atoms with Crippen molar-refractivity contribution in [1.29, 1.82) is 0 Å². The second-order valence-electron chi connectivity index (χ2n) is 11.1. The minimum Gasteiger partial charge on any atom is -0.354 e.